The van der Waals surface area contributed by atoms with E-state index in [2.05, 4.69) is 15.4 Å². The number of aromatic nitrogens is 3. The lowest BCUT2D eigenvalue weighted by atomic mass is 9.89. The lowest BCUT2D eigenvalue weighted by Crippen LogP contribution is -2.47. The molecule has 0 spiro atoms. The second-order valence-corrected chi connectivity index (χ2v) is 13.8. The number of nitriles is 1. The Balaban J connectivity index is 1.44. The Morgan fingerprint density at radius 2 is 1.84 bits per heavy atom. The highest BCUT2D eigenvalue weighted by atomic mass is 32.2. The molecule has 1 saturated heterocycles. The number of aliphatic carboxylic acids is 1. The van der Waals surface area contributed by atoms with Crippen molar-refractivity contribution in [3.63, 3.8) is 0 Å². The maximum atomic E-state index is 15.7. The van der Waals surface area contributed by atoms with Crippen LogP contribution in [0.1, 0.15) is 49.8 Å². The molecule has 0 radical (unpaired) electrons. The van der Waals surface area contributed by atoms with Crippen molar-refractivity contribution >= 4 is 41.8 Å². The summed E-state index contributed by atoms with van der Waals surface area (Å²) in [6.07, 6.45) is 4.13. The van der Waals surface area contributed by atoms with Gasteiger partial charge in [-0.3, -0.25) is 14.4 Å². The van der Waals surface area contributed by atoms with Gasteiger partial charge >= 0.3 is 18.1 Å². The summed E-state index contributed by atoms with van der Waals surface area (Å²) >= 11 is 1.21. The molecule has 0 bridgehead atoms. The first-order chi connectivity index (χ1) is 26.8. The van der Waals surface area contributed by atoms with Gasteiger partial charge in [-0.1, -0.05) is 24.3 Å². The average molecular weight is 802 g/mol. The highest BCUT2D eigenvalue weighted by molar-refractivity contribution is 8.00. The number of nitrogens with zero attached hydrogens (tertiary/aromatic N) is 4. The van der Waals surface area contributed by atoms with E-state index in [9.17, 15) is 28.0 Å². The van der Waals surface area contributed by atoms with Gasteiger partial charge in [0, 0.05) is 42.3 Å². The standard InChI is InChI=1S/C37H38F3N5O10S/c1-23(56-28-18-51-35(52-19-28)6-4-3-5-26-8-7-25(17-41)15-30(26)39)37(20-45-22-42-21-44-45,29-10-9-27(38)16-31(29)40)55-36(50)54-24(2)53-34(49)12-11-32(46)43-14-13-33(47)48/h3-10,15-16,21-24,28,35H,11-14,18-20H2,1-2H3,(H,43,46)(H,47,48)/b5-3+,6-4+. The van der Waals surface area contributed by atoms with E-state index in [4.69, 9.17) is 34.1 Å². The smallest absolute Gasteiger partial charge is 0.481 e. The van der Waals surface area contributed by atoms with E-state index in [0.29, 0.717) is 6.07 Å². The molecule has 0 aliphatic carbocycles. The average Bonchev–Trinajstić information content (AvgIpc) is 3.66. The third-order valence-electron chi connectivity index (χ3n) is 8.02. The molecule has 19 heteroatoms. The minimum Gasteiger partial charge on any atom is -0.481 e. The quantitative estimate of drug-likeness (QED) is 0.0988. The van der Waals surface area contributed by atoms with Crippen molar-refractivity contribution in [3.05, 3.63) is 101 Å². The SMILES string of the molecule is CC(OC(=O)CCC(=O)NCCC(=O)O)OC(=O)OC(Cn1cncn1)(c1ccc(F)cc1F)C(C)SC1COC(/C=C/C=C/c2ccc(C#N)cc2F)OC1. The van der Waals surface area contributed by atoms with E-state index in [-0.39, 0.29) is 55.8 Å². The zero-order chi connectivity index (χ0) is 40.7. The van der Waals surface area contributed by atoms with Gasteiger partial charge in [-0.25, -0.2) is 27.6 Å². The van der Waals surface area contributed by atoms with Gasteiger partial charge in [0.1, 0.15) is 30.1 Å². The fraction of sp³-hybridized carbons (Fsp3) is 0.378. The normalized spacial score (nSPS) is 17.7. The predicted molar refractivity (Wildman–Crippen MR) is 191 cm³/mol. The molecular formula is C37H38F3N5O10S. The van der Waals surface area contributed by atoms with Crippen molar-refractivity contribution in [2.45, 2.75) is 68.3 Å². The molecule has 2 aromatic carbocycles. The van der Waals surface area contributed by atoms with Crippen LogP contribution in [0.5, 0.6) is 0 Å². The van der Waals surface area contributed by atoms with Gasteiger partial charge in [-0.05, 0) is 37.3 Å². The van der Waals surface area contributed by atoms with Gasteiger partial charge in [-0.15, -0.1) is 11.8 Å². The number of allylic oxidation sites excluding steroid dienone is 2. The maximum Gasteiger partial charge on any atom is 0.512 e. The van der Waals surface area contributed by atoms with E-state index in [1.54, 1.807) is 25.2 Å². The monoisotopic (exact) mass is 801 g/mol. The van der Waals surface area contributed by atoms with Crippen LogP contribution in [0.25, 0.3) is 6.08 Å². The number of amides is 1. The van der Waals surface area contributed by atoms with Crippen molar-refractivity contribution < 1.29 is 61.1 Å². The molecule has 56 heavy (non-hydrogen) atoms. The van der Waals surface area contributed by atoms with Crippen LogP contribution < -0.4 is 5.32 Å². The summed E-state index contributed by atoms with van der Waals surface area (Å²) in [5, 5.41) is 22.8. The Morgan fingerprint density at radius 1 is 1.07 bits per heavy atom. The molecule has 0 saturated carbocycles. The van der Waals surface area contributed by atoms with E-state index in [0.717, 1.165) is 18.2 Å². The number of carboxylic acids is 1. The van der Waals surface area contributed by atoms with Gasteiger partial charge < -0.3 is 34.1 Å². The van der Waals surface area contributed by atoms with Crippen LogP contribution in [-0.2, 0) is 50.2 Å². The largest absolute Gasteiger partial charge is 0.512 e. The van der Waals surface area contributed by atoms with Crippen LogP contribution in [0.2, 0.25) is 0 Å². The number of esters is 1. The summed E-state index contributed by atoms with van der Waals surface area (Å²) in [6.45, 7) is 2.68. The van der Waals surface area contributed by atoms with Crippen LogP contribution >= 0.6 is 11.8 Å². The van der Waals surface area contributed by atoms with Crippen LogP contribution in [0.15, 0.2) is 67.3 Å². The van der Waals surface area contributed by atoms with Gasteiger partial charge in [0.05, 0.1) is 49.5 Å². The third kappa shape index (κ3) is 13.0. The number of rotatable bonds is 18. The molecule has 3 aromatic rings. The van der Waals surface area contributed by atoms with Gasteiger partial charge in [0.15, 0.2) is 11.9 Å². The summed E-state index contributed by atoms with van der Waals surface area (Å²) < 4.78 is 73.2. The highest BCUT2D eigenvalue weighted by Gasteiger charge is 2.47. The van der Waals surface area contributed by atoms with Crippen molar-refractivity contribution in [3.8, 4) is 6.07 Å². The van der Waals surface area contributed by atoms with Gasteiger partial charge in [0.2, 0.25) is 12.2 Å². The predicted octanol–water partition coefficient (Wildman–Crippen LogP) is 5.01. The highest BCUT2D eigenvalue weighted by Crippen LogP contribution is 2.42. The van der Waals surface area contributed by atoms with Gasteiger partial charge in [0.25, 0.3) is 0 Å². The van der Waals surface area contributed by atoms with E-state index in [1.165, 1.54) is 54.2 Å². The van der Waals surface area contributed by atoms with E-state index >= 15 is 4.39 Å². The molecule has 15 nitrogen and oxygen atoms in total. The zero-order valence-electron chi connectivity index (χ0n) is 30.1. The van der Waals surface area contributed by atoms with Crippen LogP contribution in [0, 0.1) is 28.8 Å². The number of hydrogen-bond donors (Lipinski definition) is 2. The number of halogens is 3. The van der Waals surface area contributed by atoms with Crippen molar-refractivity contribution in [1.82, 2.24) is 20.1 Å². The lowest BCUT2D eigenvalue weighted by Gasteiger charge is -2.40. The molecular weight excluding hydrogens is 763 g/mol. The molecule has 1 amide bonds. The van der Waals surface area contributed by atoms with E-state index in [1.807, 2.05) is 6.07 Å². The number of benzene rings is 2. The molecule has 1 aliphatic heterocycles. The summed E-state index contributed by atoms with van der Waals surface area (Å²) in [5.74, 6) is -5.08. The summed E-state index contributed by atoms with van der Waals surface area (Å²) in [6, 6.07) is 8.74. The molecule has 298 valence electrons. The van der Waals surface area contributed by atoms with E-state index < -0.39 is 76.6 Å². The second-order valence-electron chi connectivity index (χ2n) is 12.2. The minimum absolute atomic E-state index is 0.125. The third-order valence-corrected chi connectivity index (χ3v) is 9.47. The number of carbonyl (C=O) groups is 4. The number of carboxylic acid groups (broad SMARTS) is 1. The zero-order valence-corrected chi connectivity index (χ0v) is 31.0. The Morgan fingerprint density at radius 3 is 2.50 bits per heavy atom. The molecule has 1 aromatic heterocycles. The first kappa shape index (κ1) is 43.0. The number of carbonyl (C=O) groups excluding carboxylic acids is 3. The topological polar surface area (TPSA) is 201 Å². The second kappa shape index (κ2) is 20.8. The molecule has 1 fully saturated rings. The Kier molecular flexibility index (Phi) is 16.0. The Hall–Kier alpha value is -5.71. The number of thioether (sulfide) groups is 1. The molecule has 1 aliphatic rings. The van der Waals surface area contributed by atoms with Crippen LogP contribution in [-0.4, -0.2) is 86.7 Å². The summed E-state index contributed by atoms with van der Waals surface area (Å²) in [7, 11) is 0. The van der Waals surface area contributed by atoms with Crippen LogP contribution in [0.3, 0.4) is 0 Å². The molecule has 3 unspecified atom stereocenters. The molecule has 4 rings (SSSR count). The molecule has 2 heterocycles. The van der Waals surface area contributed by atoms with Crippen molar-refractivity contribution in [2.75, 3.05) is 19.8 Å². The number of hydrogen-bond acceptors (Lipinski definition) is 13. The number of ether oxygens (including phenoxy) is 5. The fourth-order valence-electron chi connectivity index (χ4n) is 5.31. The first-order valence-corrected chi connectivity index (χ1v) is 18.0. The molecule has 3 atom stereocenters. The summed E-state index contributed by atoms with van der Waals surface area (Å²) in [4.78, 5) is 52.1. The van der Waals surface area contributed by atoms with Crippen LogP contribution in [0.4, 0.5) is 18.0 Å². The van der Waals surface area contributed by atoms with Gasteiger partial charge in [-0.2, -0.15) is 10.4 Å². The first-order valence-electron chi connectivity index (χ1n) is 17.1. The minimum atomic E-state index is -1.95. The van der Waals surface area contributed by atoms with Crippen molar-refractivity contribution in [1.29, 1.82) is 5.26 Å². The Labute approximate surface area is 323 Å². The number of nitrogens with one attached hydrogen (secondary N) is 1. The lowest BCUT2D eigenvalue weighted by molar-refractivity contribution is -0.172. The maximum absolute atomic E-state index is 15.7. The fourth-order valence-corrected chi connectivity index (χ4v) is 6.68. The van der Waals surface area contributed by atoms with Crippen molar-refractivity contribution in [2.24, 2.45) is 0 Å². The summed E-state index contributed by atoms with van der Waals surface area (Å²) in [5.41, 5.74) is -1.69. The Bertz CT molecular complexity index is 1940. The molecule has 2 N–H and O–H groups in total.